The number of nitrogens with zero attached hydrogens (tertiary/aromatic N) is 1. The van der Waals surface area contributed by atoms with Crippen LogP contribution < -0.4 is 10.1 Å². The zero-order chi connectivity index (χ0) is 14.5. The third-order valence-electron chi connectivity index (χ3n) is 2.47. The Labute approximate surface area is 116 Å². The van der Waals surface area contributed by atoms with Crippen LogP contribution in [0.1, 0.15) is 30.0 Å². The summed E-state index contributed by atoms with van der Waals surface area (Å²) in [6, 6.07) is 5.11. The fraction of sp³-hybridized carbons (Fsp3) is 0.286. The lowest BCUT2D eigenvalue weighted by atomic mass is 10.3. The van der Waals surface area contributed by atoms with Crippen LogP contribution >= 0.6 is 0 Å². The molecule has 0 saturated heterocycles. The second-order valence-corrected chi connectivity index (χ2v) is 4.48. The van der Waals surface area contributed by atoms with Gasteiger partial charge in [0.25, 0.3) is 0 Å². The first kappa shape index (κ1) is 13.9. The average Bonchev–Trinajstić information content (AvgIpc) is 2.86. The molecule has 2 aromatic rings. The summed E-state index contributed by atoms with van der Waals surface area (Å²) in [5.41, 5.74) is 0.862. The molecular formula is C14H16N2O4. The van der Waals surface area contributed by atoms with E-state index < -0.39 is 5.97 Å². The molecule has 0 aliphatic carbocycles. The van der Waals surface area contributed by atoms with E-state index in [1.807, 2.05) is 19.9 Å². The molecule has 6 nitrogen and oxygen atoms in total. The lowest BCUT2D eigenvalue weighted by molar-refractivity contribution is 0.0696. The Morgan fingerprint density at radius 1 is 1.55 bits per heavy atom. The molecule has 2 heterocycles. The van der Waals surface area contributed by atoms with Crippen molar-refractivity contribution >= 4 is 11.7 Å². The Balaban J connectivity index is 2.04. The molecule has 0 spiro atoms. The number of aromatic nitrogens is 1. The van der Waals surface area contributed by atoms with E-state index in [0.29, 0.717) is 18.2 Å². The van der Waals surface area contributed by atoms with Crippen molar-refractivity contribution in [3.8, 4) is 5.88 Å². The lowest BCUT2D eigenvalue weighted by Crippen LogP contribution is -2.09. The monoisotopic (exact) mass is 276 g/mol. The Kier molecular flexibility index (Phi) is 4.24. The Hall–Kier alpha value is -2.50. The van der Waals surface area contributed by atoms with Gasteiger partial charge in [-0.2, -0.15) is 0 Å². The van der Waals surface area contributed by atoms with Crippen molar-refractivity contribution in [2.45, 2.75) is 26.5 Å². The van der Waals surface area contributed by atoms with Gasteiger partial charge in [-0.05, 0) is 32.0 Å². The van der Waals surface area contributed by atoms with Crippen molar-refractivity contribution in [3.05, 3.63) is 42.0 Å². The minimum atomic E-state index is -1.01. The van der Waals surface area contributed by atoms with Crippen molar-refractivity contribution < 1.29 is 19.1 Å². The highest BCUT2D eigenvalue weighted by Gasteiger charge is 2.10. The van der Waals surface area contributed by atoms with E-state index in [2.05, 4.69) is 10.3 Å². The number of hydrogen-bond donors (Lipinski definition) is 2. The van der Waals surface area contributed by atoms with Crippen LogP contribution in [0.4, 0.5) is 5.69 Å². The molecule has 0 atom stereocenters. The zero-order valence-corrected chi connectivity index (χ0v) is 11.3. The van der Waals surface area contributed by atoms with E-state index in [-0.39, 0.29) is 11.7 Å². The minimum Gasteiger partial charge on any atom is -0.478 e. The van der Waals surface area contributed by atoms with Gasteiger partial charge in [0.1, 0.15) is 12.0 Å². The molecule has 20 heavy (non-hydrogen) atoms. The van der Waals surface area contributed by atoms with Crippen LogP contribution in [0.15, 0.2) is 35.1 Å². The molecule has 0 fully saturated rings. The van der Waals surface area contributed by atoms with Crippen molar-refractivity contribution in [2.24, 2.45) is 0 Å². The first-order valence-electron chi connectivity index (χ1n) is 6.22. The Morgan fingerprint density at radius 2 is 2.35 bits per heavy atom. The number of carboxylic acids is 1. The second-order valence-electron chi connectivity index (χ2n) is 4.48. The smallest absolute Gasteiger partial charge is 0.338 e. The van der Waals surface area contributed by atoms with Crippen molar-refractivity contribution in [1.82, 2.24) is 4.98 Å². The maximum absolute atomic E-state index is 10.8. The third-order valence-corrected chi connectivity index (χ3v) is 2.47. The minimum absolute atomic E-state index is 0.0210. The number of hydrogen-bond acceptors (Lipinski definition) is 5. The highest BCUT2D eigenvalue weighted by atomic mass is 16.5. The van der Waals surface area contributed by atoms with E-state index in [4.69, 9.17) is 14.3 Å². The first-order valence-corrected chi connectivity index (χ1v) is 6.22. The van der Waals surface area contributed by atoms with Crippen LogP contribution in [0.5, 0.6) is 5.88 Å². The molecule has 0 aromatic carbocycles. The maximum atomic E-state index is 10.8. The largest absolute Gasteiger partial charge is 0.478 e. The summed E-state index contributed by atoms with van der Waals surface area (Å²) in [4.78, 5) is 14.9. The number of ether oxygens (including phenoxy) is 1. The van der Waals surface area contributed by atoms with Crippen LogP contribution in [0.2, 0.25) is 0 Å². The number of aromatic carboxylic acids is 1. The molecule has 0 aliphatic heterocycles. The van der Waals surface area contributed by atoms with E-state index in [0.717, 1.165) is 5.69 Å². The number of pyridine rings is 1. The average molecular weight is 276 g/mol. The summed E-state index contributed by atoms with van der Waals surface area (Å²) in [6.45, 7) is 4.20. The quantitative estimate of drug-likeness (QED) is 0.844. The van der Waals surface area contributed by atoms with Crippen molar-refractivity contribution in [2.75, 3.05) is 5.32 Å². The van der Waals surface area contributed by atoms with Gasteiger partial charge in [-0.15, -0.1) is 0 Å². The highest BCUT2D eigenvalue weighted by molar-refractivity contribution is 5.87. The van der Waals surface area contributed by atoms with Crippen molar-refractivity contribution in [3.63, 3.8) is 0 Å². The summed E-state index contributed by atoms with van der Waals surface area (Å²) < 4.78 is 10.7. The summed E-state index contributed by atoms with van der Waals surface area (Å²) in [5.74, 6) is 0.0273. The molecule has 6 heteroatoms. The van der Waals surface area contributed by atoms with E-state index >= 15 is 0 Å². The van der Waals surface area contributed by atoms with Gasteiger partial charge in [-0.25, -0.2) is 9.78 Å². The number of nitrogens with one attached hydrogen (secondary N) is 1. The predicted octanol–water partition coefficient (Wildman–Crippen LogP) is 2.77. The van der Waals surface area contributed by atoms with Gasteiger partial charge in [0.05, 0.1) is 23.9 Å². The zero-order valence-electron chi connectivity index (χ0n) is 11.3. The molecule has 0 aliphatic rings. The molecule has 2 N–H and O–H groups in total. The van der Waals surface area contributed by atoms with Gasteiger partial charge in [0.2, 0.25) is 5.88 Å². The molecule has 0 unspecified atom stereocenters. The van der Waals surface area contributed by atoms with E-state index in [1.165, 1.54) is 12.3 Å². The van der Waals surface area contributed by atoms with Crippen molar-refractivity contribution in [1.29, 1.82) is 0 Å². The SMILES string of the molecule is CC(C)Oc1ncccc1NCc1cc(C(=O)O)co1. The Bertz CT molecular complexity index is 592. The molecule has 2 rings (SSSR count). The summed E-state index contributed by atoms with van der Waals surface area (Å²) in [7, 11) is 0. The molecule has 2 aromatic heterocycles. The molecule has 0 saturated carbocycles. The molecule has 106 valence electrons. The number of carbonyl (C=O) groups is 1. The fourth-order valence-electron chi connectivity index (χ4n) is 1.61. The van der Waals surface area contributed by atoms with Crippen LogP contribution in [0, 0.1) is 0 Å². The molecule has 0 bridgehead atoms. The standard InChI is InChI=1S/C14H16N2O4/c1-9(2)20-13-12(4-3-5-15-13)16-7-11-6-10(8-19-11)14(17)18/h3-6,8-9,16H,7H2,1-2H3,(H,17,18). The summed E-state index contributed by atoms with van der Waals surface area (Å²) >= 11 is 0. The number of carboxylic acid groups (broad SMARTS) is 1. The number of furan rings is 1. The number of anilines is 1. The van der Waals surface area contributed by atoms with Crippen LogP contribution in [-0.4, -0.2) is 22.2 Å². The Morgan fingerprint density at radius 3 is 3.00 bits per heavy atom. The molecular weight excluding hydrogens is 260 g/mol. The van der Waals surface area contributed by atoms with Gasteiger partial charge >= 0.3 is 5.97 Å². The van der Waals surface area contributed by atoms with Gasteiger partial charge in [-0.1, -0.05) is 0 Å². The van der Waals surface area contributed by atoms with E-state index in [9.17, 15) is 4.79 Å². The second kappa shape index (κ2) is 6.10. The topological polar surface area (TPSA) is 84.6 Å². The van der Waals surface area contributed by atoms with Gasteiger partial charge < -0.3 is 19.6 Å². The van der Waals surface area contributed by atoms with E-state index in [1.54, 1.807) is 12.3 Å². The van der Waals surface area contributed by atoms with Crippen LogP contribution in [0.3, 0.4) is 0 Å². The lowest BCUT2D eigenvalue weighted by Gasteiger charge is -2.13. The summed E-state index contributed by atoms with van der Waals surface area (Å²) in [6.07, 6.45) is 2.89. The molecule has 0 radical (unpaired) electrons. The fourth-order valence-corrected chi connectivity index (χ4v) is 1.61. The normalized spacial score (nSPS) is 10.6. The highest BCUT2D eigenvalue weighted by Crippen LogP contribution is 2.22. The molecule has 0 amide bonds. The first-order chi connectivity index (χ1) is 9.56. The van der Waals surface area contributed by atoms with Gasteiger partial charge in [0, 0.05) is 6.20 Å². The number of rotatable bonds is 6. The van der Waals surface area contributed by atoms with Crippen LogP contribution in [0.25, 0.3) is 0 Å². The van der Waals surface area contributed by atoms with Crippen LogP contribution in [-0.2, 0) is 6.54 Å². The van der Waals surface area contributed by atoms with Gasteiger partial charge in [0.15, 0.2) is 0 Å². The maximum Gasteiger partial charge on any atom is 0.338 e. The van der Waals surface area contributed by atoms with Gasteiger partial charge in [-0.3, -0.25) is 0 Å². The third kappa shape index (κ3) is 3.50. The predicted molar refractivity (Wildman–Crippen MR) is 73.0 cm³/mol. The summed E-state index contributed by atoms with van der Waals surface area (Å²) in [5, 5.41) is 11.9.